The zero-order chi connectivity index (χ0) is 15.3. The Kier molecular flexibility index (Phi) is 6.02. The Morgan fingerprint density at radius 3 is 2.15 bits per heavy atom. The molecule has 0 saturated carbocycles. The maximum absolute atomic E-state index is 12.3. The first-order valence-corrected chi connectivity index (χ1v) is 7.23. The van der Waals surface area contributed by atoms with E-state index in [1.54, 1.807) is 12.1 Å². The van der Waals surface area contributed by atoms with Gasteiger partial charge in [0.2, 0.25) is 5.91 Å². The molecule has 0 aliphatic carbocycles. The van der Waals surface area contributed by atoms with E-state index in [4.69, 9.17) is 5.73 Å². The molecule has 0 heterocycles. The van der Waals surface area contributed by atoms with Crippen LogP contribution in [0, 0.1) is 5.92 Å². The molecule has 3 N–H and O–H groups in total. The summed E-state index contributed by atoms with van der Waals surface area (Å²) in [6, 6.07) is 7.40. The molecule has 1 atom stereocenters. The van der Waals surface area contributed by atoms with Crippen LogP contribution in [-0.2, 0) is 4.79 Å². The number of carbonyl (C=O) groups is 1. The molecule has 0 radical (unpaired) electrons. The fourth-order valence-electron chi connectivity index (χ4n) is 2.20. The van der Waals surface area contributed by atoms with Gasteiger partial charge in [-0.15, -0.1) is 0 Å². The summed E-state index contributed by atoms with van der Waals surface area (Å²) in [4.78, 5) is 14.6. The first kappa shape index (κ1) is 16.5. The number of nitrogens with one attached hydrogen (secondary N) is 1. The number of nitrogens with two attached hydrogens (primary N) is 1. The quantitative estimate of drug-likeness (QED) is 0.786. The number of carbonyl (C=O) groups excluding carboxylic acids is 1. The maximum Gasteiger partial charge on any atom is 0.241 e. The Balaban J connectivity index is 2.71. The van der Waals surface area contributed by atoms with E-state index in [1.807, 2.05) is 19.1 Å². The van der Waals surface area contributed by atoms with Crippen LogP contribution in [0.3, 0.4) is 0 Å². The molecule has 4 nitrogen and oxygen atoms in total. The smallest absolute Gasteiger partial charge is 0.241 e. The number of anilines is 2. The van der Waals surface area contributed by atoms with Crippen molar-refractivity contribution in [3.05, 3.63) is 24.3 Å². The molecule has 4 heteroatoms. The summed E-state index contributed by atoms with van der Waals surface area (Å²) < 4.78 is 0. The molecule has 1 aromatic rings. The SMILES string of the molecule is CC(C)CN(C(C)C)C(C)C(=O)Nc1ccc(N)cc1. The van der Waals surface area contributed by atoms with E-state index < -0.39 is 0 Å². The van der Waals surface area contributed by atoms with Gasteiger partial charge in [-0.3, -0.25) is 9.69 Å². The third kappa shape index (κ3) is 4.85. The van der Waals surface area contributed by atoms with Gasteiger partial charge in [-0.1, -0.05) is 13.8 Å². The first-order chi connectivity index (χ1) is 9.31. The van der Waals surface area contributed by atoms with Crippen LogP contribution in [0.1, 0.15) is 34.6 Å². The van der Waals surface area contributed by atoms with Crippen molar-refractivity contribution in [1.29, 1.82) is 0 Å². The van der Waals surface area contributed by atoms with Crippen LogP contribution in [0.4, 0.5) is 11.4 Å². The van der Waals surface area contributed by atoms with Crippen molar-refractivity contribution in [3.63, 3.8) is 0 Å². The highest BCUT2D eigenvalue weighted by molar-refractivity contribution is 5.94. The minimum absolute atomic E-state index is 0.0177. The highest BCUT2D eigenvalue weighted by atomic mass is 16.2. The highest BCUT2D eigenvalue weighted by Gasteiger charge is 2.24. The van der Waals surface area contributed by atoms with Crippen LogP contribution in [-0.4, -0.2) is 29.4 Å². The van der Waals surface area contributed by atoms with Crippen LogP contribution in [0.25, 0.3) is 0 Å². The molecule has 0 bridgehead atoms. The van der Waals surface area contributed by atoms with E-state index in [9.17, 15) is 4.79 Å². The van der Waals surface area contributed by atoms with Gasteiger partial charge in [0.1, 0.15) is 0 Å². The summed E-state index contributed by atoms with van der Waals surface area (Å²) in [7, 11) is 0. The monoisotopic (exact) mass is 277 g/mol. The van der Waals surface area contributed by atoms with E-state index in [2.05, 4.69) is 37.9 Å². The van der Waals surface area contributed by atoms with Crippen LogP contribution < -0.4 is 11.1 Å². The normalized spacial score (nSPS) is 13.0. The van der Waals surface area contributed by atoms with E-state index in [1.165, 1.54) is 0 Å². The second-order valence-electron chi connectivity index (χ2n) is 5.97. The van der Waals surface area contributed by atoms with Gasteiger partial charge in [0.15, 0.2) is 0 Å². The summed E-state index contributed by atoms with van der Waals surface area (Å²) in [6.45, 7) is 11.4. The molecule has 112 valence electrons. The number of benzene rings is 1. The largest absolute Gasteiger partial charge is 0.399 e. The number of rotatable bonds is 6. The predicted molar refractivity (Wildman–Crippen MR) is 85.6 cm³/mol. The van der Waals surface area contributed by atoms with Crippen molar-refractivity contribution in [2.24, 2.45) is 5.92 Å². The Hall–Kier alpha value is -1.55. The molecular formula is C16H27N3O. The lowest BCUT2D eigenvalue weighted by Crippen LogP contribution is -2.47. The molecule has 20 heavy (non-hydrogen) atoms. The Morgan fingerprint density at radius 1 is 1.15 bits per heavy atom. The van der Waals surface area contributed by atoms with Gasteiger partial charge < -0.3 is 11.1 Å². The lowest BCUT2D eigenvalue weighted by molar-refractivity contribution is -0.121. The lowest BCUT2D eigenvalue weighted by atomic mass is 10.1. The average molecular weight is 277 g/mol. The standard InChI is InChI=1S/C16H27N3O/c1-11(2)10-19(12(3)4)13(5)16(20)18-15-8-6-14(17)7-9-15/h6-9,11-13H,10,17H2,1-5H3,(H,18,20). The highest BCUT2D eigenvalue weighted by Crippen LogP contribution is 2.14. The molecule has 0 aromatic heterocycles. The van der Waals surface area contributed by atoms with Gasteiger partial charge in [-0.05, 0) is 51.0 Å². The molecule has 1 rings (SSSR count). The summed E-state index contributed by atoms with van der Waals surface area (Å²) in [6.07, 6.45) is 0. The minimum atomic E-state index is -0.157. The number of hydrogen-bond acceptors (Lipinski definition) is 3. The van der Waals surface area contributed by atoms with Crippen molar-refractivity contribution >= 4 is 17.3 Å². The van der Waals surface area contributed by atoms with Gasteiger partial charge in [-0.25, -0.2) is 0 Å². The second-order valence-corrected chi connectivity index (χ2v) is 5.97. The Labute approximate surface area is 122 Å². The lowest BCUT2D eigenvalue weighted by Gasteiger charge is -2.33. The van der Waals surface area contributed by atoms with Gasteiger partial charge in [-0.2, -0.15) is 0 Å². The van der Waals surface area contributed by atoms with Gasteiger partial charge in [0.25, 0.3) is 0 Å². The van der Waals surface area contributed by atoms with Gasteiger partial charge in [0.05, 0.1) is 6.04 Å². The van der Waals surface area contributed by atoms with E-state index >= 15 is 0 Å². The summed E-state index contributed by atoms with van der Waals surface area (Å²) in [5.74, 6) is 0.549. The zero-order valence-electron chi connectivity index (χ0n) is 13.2. The molecular weight excluding hydrogens is 250 g/mol. The van der Waals surface area contributed by atoms with Crippen LogP contribution in [0.5, 0.6) is 0 Å². The predicted octanol–water partition coefficient (Wildman–Crippen LogP) is 2.96. The zero-order valence-corrected chi connectivity index (χ0v) is 13.2. The number of nitrogens with zero attached hydrogens (tertiary/aromatic N) is 1. The maximum atomic E-state index is 12.3. The van der Waals surface area contributed by atoms with Crippen molar-refractivity contribution in [3.8, 4) is 0 Å². The third-order valence-electron chi connectivity index (χ3n) is 3.29. The van der Waals surface area contributed by atoms with Crippen molar-refractivity contribution in [2.75, 3.05) is 17.6 Å². The topological polar surface area (TPSA) is 58.4 Å². The third-order valence-corrected chi connectivity index (χ3v) is 3.29. The number of nitrogen functional groups attached to an aromatic ring is 1. The van der Waals surface area contributed by atoms with Crippen LogP contribution in [0.2, 0.25) is 0 Å². The van der Waals surface area contributed by atoms with Crippen molar-refractivity contribution in [1.82, 2.24) is 4.90 Å². The summed E-state index contributed by atoms with van der Waals surface area (Å²) >= 11 is 0. The molecule has 1 amide bonds. The fraction of sp³-hybridized carbons (Fsp3) is 0.562. The Bertz CT molecular complexity index is 426. The summed E-state index contributed by atoms with van der Waals surface area (Å²) in [5, 5.41) is 2.94. The molecule has 1 unspecified atom stereocenters. The van der Waals surface area contributed by atoms with Gasteiger partial charge >= 0.3 is 0 Å². The Morgan fingerprint density at radius 2 is 1.70 bits per heavy atom. The minimum Gasteiger partial charge on any atom is -0.399 e. The number of hydrogen-bond donors (Lipinski definition) is 2. The van der Waals surface area contributed by atoms with Crippen molar-refractivity contribution < 1.29 is 4.79 Å². The summed E-state index contributed by atoms with van der Waals surface area (Å²) in [5.41, 5.74) is 7.12. The van der Waals surface area contributed by atoms with Gasteiger partial charge in [0, 0.05) is 24.0 Å². The molecule has 0 spiro atoms. The number of amides is 1. The molecule has 0 saturated heterocycles. The molecule has 0 aliphatic rings. The van der Waals surface area contributed by atoms with Crippen molar-refractivity contribution in [2.45, 2.75) is 46.7 Å². The second kappa shape index (κ2) is 7.29. The molecule has 0 aliphatic heterocycles. The van der Waals surface area contributed by atoms with E-state index in [-0.39, 0.29) is 11.9 Å². The molecule has 1 aromatic carbocycles. The van der Waals surface area contributed by atoms with E-state index in [0.29, 0.717) is 17.6 Å². The van der Waals surface area contributed by atoms with E-state index in [0.717, 1.165) is 12.2 Å². The van der Waals surface area contributed by atoms with Crippen LogP contribution >= 0.6 is 0 Å². The molecule has 0 fully saturated rings. The first-order valence-electron chi connectivity index (χ1n) is 7.23. The fourth-order valence-corrected chi connectivity index (χ4v) is 2.20. The average Bonchev–Trinajstić information content (AvgIpc) is 2.37. The van der Waals surface area contributed by atoms with Crippen LogP contribution in [0.15, 0.2) is 24.3 Å².